The van der Waals surface area contributed by atoms with Crippen molar-refractivity contribution < 1.29 is 43.8 Å². The van der Waals surface area contributed by atoms with Crippen LogP contribution in [-0.4, -0.2) is 10.7 Å². The monoisotopic (exact) mass is 316 g/mol. The Kier molecular flexibility index (Phi) is 36.4. The van der Waals surface area contributed by atoms with E-state index in [2.05, 4.69) is 49.1 Å². The van der Waals surface area contributed by atoms with E-state index in [-0.39, 0.29) is 0 Å². The SMILES string of the molecule is [C-]#[O+].[C-]#[O+].[C-]#[O+].[C-]#[O+].[C-]#[O+].[Cr]=[C]1C[C@@H]2CCCC[C@H]2O1. The van der Waals surface area contributed by atoms with Crippen LogP contribution in [0.15, 0.2) is 0 Å². The van der Waals surface area contributed by atoms with Gasteiger partial charge in [0.1, 0.15) is 0 Å². The Morgan fingerprint density at radius 3 is 1.60 bits per heavy atom. The molecule has 2 atom stereocenters. The molecule has 1 saturated carbocycles. The molecule has 0 aromatic heterocycles. The van der Waals surface area contributed by atoms with Gasteiger partial charge in [-0.3, -0.25) is 0 Å². The van der Waals surface area contributed by atoms with Crippen LogP contribution in [0.4, 0.5) is 0 Å². The molecular weight excluding hydrogens is 304 g/mol. The molecule has 2 aliphatic rings. The summed E-state index contributed by atoms with van der Waals surface area (Å²) >= 11 is 2.99. The minimum absolute atomic E-state index is 0.574. The van der Waals surface area contributed by atoms with Gasteiger partial charge in [-0.1, -0.05) is 0 Å². The fraction of sp³-hybridized carbons (Fsp3) is 0.538. The molecule has 6 nitrogen and oxygen atoms in total. The third-order valence-electron chi connectivity index (χ3n) is 2.55. The summed E-state index contributed by atoms with van der Waals surface area (Å²) in [5.74, 6) is 0.852. The Morgan fingerprint density at radius 2 is 1.20 bits per heavy atom. The van der Waals surface area contributed by atoms with Crippen LogP contribution in [0.1, 0.15) is 32.1 Å². The molecule has 7 heteroatoms. The van der Waals surface area contributed by atoms with Crippen LogP contribution >= 0.6 is 0 Å². The van der Waals surface area contributed by atoms with Crippen LogP contribution < -0.4 is 0 Å². The molecule has 1 heterocycles. The maximum atomic E-state index is 7.50. The van der Waals surface area contributed by atoms with Crippen molar-refractivity contribution in [2.75, 3.05) is 0 Å². The molecule has 0 N–H and O–H groups in total. The quantitative estimate of drug-likeness (QED) is 0.489. The first-order valence-corrected chi connectivity index (χ1v) is 5.71. The minimum atomic E-state index is 0.574. The summed E-state index contributed by atoms with van der Waals surface area (Å²) in [7, 11) is 0. The van der Waals surface area contributed by atoms with Gasteiger partial charge in [-0.2, -0.15) is 0 Å². The van der Waals surface area contributed by atoms with Crippen LogP contribution in [0.5, 0.6) is 0 Å². The first-order valence-electron chi connectivity index (χ1n) is 5.08. The molecule has 1 saturated heterocycles. The van der Waals surface area contributed by atoms with Gasteiger partial charge < -0.3 is 0 Å². The van der Waals surface area contributed by atoms with E-state index in [1.807, 2.05) is 0 Å². The molecule has 0 radical (unpaired) electrons. The van der Waals surface area contributed by atoms with Crippen molar-refractivity contribution in [2.45, 2.75) is 38.2 Å². The zero-order chi connectivity index (χ0) is 17.0. The van der Waals surface area contributed by atoms with Crippen LogP contribution in [0.3, 0.4) is 0 Å². The fourth-order valence-electron chi connectivity index (χ4n) is 1.99. The van der Waals surface area contributed by atoms with Crippen molar-refractivity contribution >= 4 is 4.57 Å². The van der Waals surface area contributed by atoms with E-state index in [1.165, 1.54) is 32.1 Å². The number of hydrogen-bond acceptors (Lipinski definition) is 1. The molecular formula is C13H12CrO6. The van der Waals surface area contributed by atoms with Crippen molar-refractivity contribution in [2.24, 2.45) is 5.92 Å². The summed E-state index contributed by atoms with van der Waals surface area (Å²) in [5.41, 5.74) is 0. The van der Waals surface area contributed by atoms with Crippen LogP contribution in [0.2, 0.25) is 0 Å². The Bertz CT molecular complexity index is 277. The molecule has 106 valence electrons. The summed E-state index contributed by atoms with van der Waals surface area (Å²) in [6, 6.07) is 0. The summed E-state index contributed by atoms with van der Waals surface area (Å²) in [4.78, 5) is 0. The summed E-state index contributed by atoms with van der Waals surface area (Å²) < 4.78 is 44.3. The van der Waals surface area contributed by atoms with Crippen molar-refractivity contribution in [3.05, 3.63) is 33.3 Å². The second-order valence-corrected chi connectivity index (χ2v) is 3.99. The van der Waals surface area contributed by atoms with Gasteiger partial charge in [-0.25, -0.2) is 0 Å². The van der Waals surface area contributed by atoms with E-state index in [0.29, 0.717) is 6.10 Å². The van der Waals surface area contributed by atoms with Crippen molar-refractivity contribution in [3.8, 4) is 0 Å². The van der Waals surface area contributed by atoms with Gasteiger partial charge in [-0.15, -0.1) is 0 Å². The summed E-state index contributed by atoms with van der Waals surface area (Å²) in [6.07, 6.45) is 7.22. The third-order valence-corrected chi connectivity index (χ3v) is 2.96. The first kappa shape index (κ1) is 27.4. The topological polar surface area (TPSA) is 109 Å². The van der Waals surface area contributed by atoms with E-state index in [1.54, 1.807) is 0 Å². The Balaban J connectivity index is -0.000000110. The zero-order valence-electron chi connectivity index (χ0n) is 10.5. The second kappa shape index (κ2) is 26.6. The van der Waals surface area contributed by atoms with Crippen molar-refractivity contribution in [1.29, 1.82) is 0 Å². The first-order chi connectivity index (χ1) is 9.86. The number of ether oxygens (including phenoxy) is 1. The number of rotatable bonds is 0. The van der Waals surface area contributed by atoms with E-state index in [0.717, 1.165) is 10.5 Å². The number of hydrogen-bond donors (Lipinski definition) is 0. The Labute approximate surface area is 126 Å². The average Bonchev–Trinajstić information content (AvgIpc) is 2.97. The van der Waals surface area contributed by atoms with Crippen LogP contribution in [0.25, 0.3) is 0 Å². The molecule has 2 rings (SSSR count). The van der Waals surface area contributed by atoms with Gasteiger partial charge in [0, 0.05) is 0 Å². The predicted molar refractivity (Wildman–Crippen MR) is 56.1 cm³/mol. The van der Waals surface area contributed by atoms with Gasteiger partial charge in [0.25, 0.3) is 0 Å². The number of fused-ring (bicyclic) bond motifs is 1. The van der Waals surface area contributed by atoms with Gasteiger partial charge in [0.2, 0.25) is 0 Å². The molecule has 1 aliphatic carbocycles. The van der Waals surface area contributed by atoms with Crippen molar-refractivity contribution in [3.63, 3.8) is 0 Å². The van der Waals surface area contributed by atoms with Gasteiger partial charge in [-0.05, 0) is 0 Å². The zero-order valence-corrected chi connectivity index (χ0v) is 11.8. The summed E-state index contributed by atoms with van der Waals surface area (Å²) in [5, 5.41) is 0. The standard InChI is InChI=1S/C8H12O.5CO.Cr/c1-2-4-8-7(3-1)5-6-9-8;5*1-2;/h7-8H,1-5H2;;;;;;/t7-,8+;;;;;;/m0....../s1. The third kappa shape index (κ3) is 13.5. The molecule has 0 bridgehead atoms. The summed E-state index contributed by atoms with van der Waals surface area (Å²) in [6.45, 7) is 22.5. The van der Waals surface area contributed by atoms with Gasteiger partial charge in [0.05, 0.1) is 0 Å². The van der Waals surface area contributed by atoms with Gasteiger partial charge in [0.15, 0.2) is 0 Å². The molecule has 1 aliphatic heterocycles. The van der Waals surface area contributed by atoms with Crippen molar-refractivity contribution in [1.82, 2.24) is 0 Å². The van der Waals surface area contributed by atoms with E-state index in [9.17, 15) is 0 Å². The Morgan fingerprint density at radius 1 is 0.800 bits per heavy atom. The Hall–Kier alpha value is -0.938. The van der Waals surface area contributed by atoms with E-state index in [4.69, 9.17) is 28.0 Å². The molecule has 2 fully saturated rings. The molecule has 0 spiro atoms. The predicted octanol–water partition coefficient (Wildman–Crippen LogP) is 1.45. The molecule has 0 unspecified atom stereocenters. The molecule has 0 amide bonds. The van der Waals surface area contributed by atoms with E-state index >= 15 is 0 Å². The normalized spacial score (nSPS) is 20.4. The molecule has 0 aromatic carbocycles. The van der Waals surface area contributed by atoms with Crippen LogP contribution in [0, 0.1) is 39.2 Å². The molecule has 20 heavy (non-hydrogen) atoms. The van der Waals surface area contributed by atoms with Crippen LogP contribution in [-0.2, 0) is 43.8 Å². The second-order valence-electron chi connectivity index (χ2n) is 3.28. The van der Waals surface area contributed by atoms with Gasteiger partial charge >= 0.3 is 126 Å². The fourth-order valence-corrected chi connectivity index (χ4v) is 2.52. The average molecular weight is 316 g/mol. The maximum absolute atomic E-state index is 7.50. The van der Waals surface area contributed by atoms with E-state index < -0.39 is 0 Å². The molecule has 0 aromatic rings.